The highest BCUT2D eigenvalue weighted by Gasteiger charge is 2.31. The van der Waals surface area contributed by atoms with Crippen molar-refractivity contribution in [3.8, 4) is 6.07 Å². The van der Waals surface area contributed by atoms with E-state index in [4.69, 9.17) is 0 Å². The summed E-state index contributed by atoms with van der Waals surface area (Å²) in [6.07, 6.45) is 3.69. The summed E-state index contributed by atoms with van der Waals surface area (Å²) in [4.78, 5) is 2.43. The van der Waals surface area contributed by atoms with Crippen LogP contribution < -0.4 is 0 Å². The predicted octanol–water partition coefficient (Wildman–Crippen LogP) is 3.45. The Hall–Kier alpha value is -1.33. The zero-order valence-electron chi connectivity index (χ0n) is 11.2. The molecule has 2 rings (SSSR count). The minimum Gasteiger partial charge on any atom is -0.297 e. The molecule has 0 bridgehead atoms. The largest absolute Gasteiger partial charge is 0.297 e. The number of nitriles is 1. The van der Waals surface area contributed by atoms with E-state index in [1.165, 1.54) is 24.8 Å². The van der Waals surface area contributed by atoms with Crippen molar-refractivity contribution >= 4 is 0 Å². The SMILES string of the molecule is CCCC[C@@H]1CN(Cc2ccccc2)CC1C#N. The van der Waals surface area contributed by atoms with Crippen molar-refractivity contribution < 1.29 is 0 Å². The predicted molar refractivity (Wildman–Crippen MR) is 73.8 cm³/mol. The maximum Gasteiger partial charge on any atom is 0.0672 e. The van der Waals surface area contributed by atoms with E-state index in [-0.39, 0.29) is 5.92 Å². The summed E-state index contributed by atoms with van der Waals surface area (Å²) in [5.41, 5.74) is 1.35. The van der Waals surface area contributed by atoms with Crippen LogP contribution in [0, 0.1) is 23.2 Å². The molecule has 2 heteroatoms. The molecule has 0 spiro atoms. The standard InChI is InChI=1S/C16H22N2/c1-2-3-9-15-12-18(13-16(15)10-17)11-14-7-5-4-6-8-14/h4-8,15-16H,2-3,9,11-13H2,1H3/t15-,16?/m1/s1. The number of nitrogens with zero attached hydrogens (tertiary/aromatic N) is 2. The topological polar surface area (TPSA) is 27.0 Å². The summed E-state index contributed by atoms with van der Waals surface area (Å²) in [6, 6.07) is 13.1. The lowest BCUT2D eigenvalue weighted by atomic mass is 9.92. The summed E-state index contributed by atoms with van der Waals surface area (Å²) in [5.74, 6) is 0.818. The van der Waals surface area contributed by atoms with Crippen molar-refractivity contribution in [2.45, 2.75) is 32.7 Å². The average molecular weight is 242 g/mol. The van der Waals surface area contributed by atoms with E-state index in [0.717, 1.165) is 19.6 Å². The van der Waals surface area contributed by atoms with Crippen molar-refractivity contribution in [3.63, 3.8) is 0 Å². The molecule has 0 amide bonds. The second-order valence-electron chi connectivity index (χ2n) is 5.32. The third kappa shape index (κ3) is 3.34. The van der Waals surface area contributed by atoms with Gasteiger partial charge in [-0.05, 0) is 17.9 Å². The van der Waals surface area contributed by atoms with Crippen LogP contribution in [-0.4, -0.2) is 18.0 Å². The lowest BCUT2D eigenvalue weighted by Gasteiger charge is -2.15. The Labute approximate surface area is 110 Å². The molecular weight excluding hydrogens is 220 g/mol. The Morgan fingerprint density at radius 3 is 2.72 bits per heavy atom. The normalized spacial score (nSPS) is 24.0. The molecule has 1 saturated heterocycles. The molecule has 1 aliphatic rings. The van der Waals surface area contributed by atoms with Crippen molar-refractivity contribution in [1.82, 2.24) is 4.90 Å². The zero-order valence-corrected chi connectivity index (χ0v) is 11.2. The van der Waals surface area contributed by atoms with Gasteiger partial charge in [-0.1, -0.05) is 50.1 Å². The molecule has 2 atom stereocenters. The number of likely N-dealkylation sites (tertiary alicyclic amines) is 1. The van der Waals surface area contributed by atoms with Crippen LogP contribution in [0.15, 0.2) is 30.3 Å². The molecule has 0 aliphatic carbocycles. The molecule has 0 aromatic heterocycles. The van der Waals surface area contributed by atoms with E-state index >= 15 is 0 Å². The zero-order chi connectivity index (χ0) is 12.8. The van der Waals surface area contributed by atoms with Gasteiger partial charge in [-0.15, -0.1) is 0 Å². The molecule has 18 heavy (non-hydrogen) atoms. The van der Waals surface area contributed by atoms with Crippen molar-refractivity contribution in [2.75, 3.05) is 13.1 Å². The Bertz CT molecular complexity index is 393. The van der Waals surface area contributed by atoms with E-state index < -0.39 is 0 Å². The van der Waals surface area contributed by atoms with E-state index in [9.17, 15) is 5.26 Å². The number of unbranched alkanes of at least 4 members (excludes halogenated alkanes) is 1. The quantitative estimate of drug-likeness (QED) is 0.790. The van der Waals surface area contributed by atoms with Gasteiger partial charge in [0, 0.05) is 19.6 Å². The van der Waals surface area contributed by atoms with Gasteiger partial charge < -0.3 is 0 Å². The molecule has 96 valence electrons. The van der Waals surface area contributed by atoms with Gasteiger partial charge in [-0.25, -0.2) is 0 Å². The molecule has 1 unspecified atom stereocenters. The maximum atomic E-state index is 9.24. The fourth-order valence-electron chi connectivity index (χ4n) is 2.84. The van der Waals surface area contributed by atoms with Gasteiger partial charge in [0.1, 0.15) is 0 Å². The van der Waals surface area contributed by atoms with E-state index in [2.05, 4.69) is 48.2 Å². The van der Waals surface area contributed by atoms with Crippen LogP contribution >= 0.6 is 0 Å². The summed E-state index contributed by atoms with van der Waals surface area (Å²) in [5, 5.41) is 9.24. The number of rotatable bonds is 5. The molecule has 0 radical (unpaired) electrons. The molecule has 1 heterocycles. The molecule has 1 aliphatic heterocycles. The van der Waals surface area contributed by atoms with Crippen LogP contribution in [0.25, 0.3) is 0 Å². The molecular formula is C16H22N2. The highest BCUT2D eigenvalue weighted by Crippen LogP contribution is 2.28. The van der Waals surface area contributed by atoms with Gasteiger partial charge in [0.25, 0.3) is 0 Å². The van der Waals surface area contributed by atoms with Crippen molar-refractivity contribution in [2.24, 2.45) is 11.8 Å². The Morgan fingerprint density at radius 2 is 2.06 bits per heavy atom. The third-order valence-corrected chi connectivity index (χ3v) is 3.86. The van der Waals surface area contributed by atoms with Crippen LogP contribution in [-0.2, 0) is 6.54 Å². The van der Waals surface area contributed by atoms with Gasteiger partial charge in [-0.2, -0.15) is 5.26 Å². The second-order valence-corrected chi connectivity index (χ2v) is 5.32. The summed E-state index contributed by atoms with van der Waals surface area (Å²) >= 11 is 0. The maximum absolute atomic E-state index is 9.24. The smallest absolute Gasteiger partial charge is 0.0672 e. The minimum absolute atomic E-state index is 0.236. The Kier molecular flexibility index (Phi) is 4.78. The first-order valence-electron chi connectivity index (χ1n) is 6.99. The second kappa shape index (κ2) is 6.56. The molecule has 2 nitrogen and oxygen atoms in total. The van der Waals surface area contributed by atoms with Gasteiger partial charge in [0.15, 0.2) is 0 Å². The van der Waals surface area contributed by atoms with Gasteiger partial charge in [-0.3, -0.25) is 4.90 Å². The van der Waals surface area contributed by atoms with Crippen LogP contribution in [0.2, 0.25) is 0 Å². The van der Waals surface area contributed by atoms with Crippen LogP contribution in [0.5, 0.6) is 0 Å². The molecule has 1 aromatic carbocycles. The highest BCUT2D eigenvalue weighted by molar-refractivity contribution is 5.15. The first-order valence-corrected chi connectivity index (χ1v) is 6.99. The summed E-state index contributed by atoms with van der Waals surface area (Å²) < 4.78 is 0. The van der Waals surface area contributed by atoms with Crippen molar-refractivity contribution in [3.05, 3.63) is 35.9 Å². The van der Waals surface area contributed by atoms with E-state index in [0.29, 0.717) is 5.92 Å². The van der Waals surface area contributed by atoms with Gasteiger partial charge >= 0.3 is 0 Å². The Morgan fingerprint density at radius 1 is 1.28 bits per heavy atom. The van der Waals surface area contributed by atoms with Crippen LogP contribution in [0.3, 0.4) is 0 Å². The summed E-state index contributed by atoms with van der Waals surface area (Å²) in [6.45, 7) is 5.24. The first-order chi connectivity index (χ1) is 8.83. The van der Waals surface area contributed by atoms with Crippen molar-refractivity contribution in [1.29, 1.82) is 5.26 Å². The monoisotopic (exact) mass is 242 g/mol. The third-order valence-electron chi connectivity index (χ3n) is 3.86. The molecule has 1 aromatic rings. The van der Waals surface area contributed by atoms with Gasteiger partial charge in [0.05, 0.1) is 12.0 Å². The number of hydrogen-bond acceptors (Lipinski definition) is 2. The lowest BCUT2D eigenvalue weighted by molar-refractivity contribution is 0.311. The first kappa shape index (κ1) is 13.1. The van der Waals surface area contributed by atoms with Gasteiger partial charge in [0.2, 0.25) is 0 Å². The number of benzene rings is 1. The van der Waals surface area contributed by atoms with E-state index in [1.807, 2.05) is 0 Å². The van der Waals surface area contributed by atoms with E-state index in [1.54, 1.807) is 0 Å². The number of hydrogen-bond donors (Lipinski definition) is 0. The summed E-state index contributed by atoms with van der Waals surface area (Å²) in [7, 11) is 0. The fraction of sp³-hybridized carbons (Fsp3) is 0.562. The lowest BCUT2D eigenvalue weighted by Crippen LogP contribution is -2.20. The highest BCUT2D eigenvalue weighted by atomic mass is 15.1. The molecule has 1 fully saturated rings. The Balaban J connectivity index is 1.91. The molecule has 0 N–H and O–H groups in total. The minimum atomic E-state index is 0.236. The van der Waals surface area contributed by atoms with Crippen LogP contribution in [0.4, 0.5) is 0 Å². The average Bonchev–Trinajstić information content (AvgIpc) is 2.79. The molecule has 0 saturated carbocycles. The fourth-order valence-corrected chi connectivity index (χ4v) is 2.84. The van der Waals surface area contributed by atoms with Crippen LogP contribution in [0.1, 0.15) is 31.7 Å².